The van der Waals surface area contributed by atoms with Crippen LogP contribution < -0.4 is 94.5 Å². The lowest BCUT2D eigenvalue weighted by molar-refractivity contribution is -0.138. The molecule has 0 aliphatic heterocycles. The molecule has 33 heteroatoms. The molecule has 8 amide bonds. The van der Waals surface area contributed by atoms with E-state index in [9.17, 15) is 43.2 Å². The van der Waals surface area contributed by atoms with Crippen LogP contribution >= 0.6 is 21.6 Å². The maximum Gasteiger partial charge on any atom is 0.321 e. The van der Waals surface area contributed by atoms with E-state index >= 15 is 0 Å². The number of hydrogen-bond donors (Lipinski definition) is 18. The molecule has 0 fully saturated rings. The minimum Gasteiger partial charge on any atom is -0.480 e. The Hall–Kier alpha value is -7.03. The van der Waals surface area contributed by atoms with Gasteiger partial charge in [-0.3, -0.25) is 63.1 Å². The summed E-state index contributed by atoms with van der Waals surface area (Å²) < 4.78 is 52.4. The second-order valence-corrected chi connectivity index (χ2v) is 17.7. The minimum atomic E-state index is -2.07. The topological polar surface area (TPSA) is 568 Å². The Morgan fingerprint density at radius 1 is 0.479 bits per heavy atom. The zero-order valence-corrected chi connectivity index (χ0v) is 41.3. The number of carbonyl (C=O) groups is 9. The van der Waals surface area contributed by atoms with Crippen LogP contribution in [0.2, 0.25) is 8.47 Å². The highest BCUT2D eigenvalue weighted by Gasteiger charge is 2.32. The third-order valence-electron chi connectivity index (χ3n) is 8.98. The van der Waals surface area contributed by atoms with Gasteiger partial charge in [0.1, 0.15) is 48.3 Å². The Morgan fingerprint density at radius 2 is 0.803 bits per heavy atom. The second kappa shape index (κ2) is 35.1. The summed E-state index contributed by atoms with van der Waals surface area (Å²) in [5, 5.41) is 11.9. The summed E-state index contributed by atoms with van der Waals surface area (Å²) in [5.41, 5.74) is 54.3. The monoisotopic (exact) mass is 1050 g/mol. The number of primary amides is 1. The average molecular weight is 1050 g/mol. The van der Waals surface area contributed by atoms with Gasteiger partial charge in [-0.25, -0.2) is 0 Å². The molecule has 28 N–H and O–H groups in total. The van der Waals surface area contributed by atoms with Crippen molar-refractivity contribution in [1.82, 2.24) is 37.2 Å². The van der Waals surface area contributed by atoms with Crippen molar-refractivity contribution in [3.05, 3.63) is 0 Å². The molecule has 0 aliphatic carbocycles. The quantitative estimate of drug-likeness (QED) is 0.0120. The number of carboxylic acids is 1. The van der Waals surface area contributed by atoms with Crippen molar-refractivity contribution in [2.75, 3.05) is 37.7 Å². The molecule has 0 bridgehead atoms. The first-order valence-electron chi connectivity index (χ1n) is 24.4. The van der Waals surface area contributed by atoms with Gasteiger partial charge >= 0.3 is 5.97 Å². The zero-order chi connectivity index (χ0) is 59.4. The van der Waals surface area contributed by atoms with Gasteiger partial charge < -0.3 is 99.6 Å². The lowest BCUT2D eigenvalue weighted by Gasteiger charge is -2.27. The van der Waals surface area contributed by atoms with Crippen LogP contribution in [0.15, 0.2) is 20.0 Å². The van der Waals surface area contributed by atoms with Crippen molar-refractivity contribution in [3.63, 3.8) is 0 Å². The van der Waals surface area contributed by atoms with E-state index < -0.39 is 127 Å². The molecular formula is C38H73N21O10S2. The van der Waals surface area contributed by atoms with E-state index in [0.29, 0.717) is 0 Å². The van der Waals surface area contributed by atoms with Gasteiger partial charge in [-0.1, -0.05) is 21.6 Å². The SMILES string of the molecule is [2H]N(C(C)=O)[C@H](CSSC[C@H](N)C(=O)O)C(=O)N([2H])[C@@H](C)C(=O)N([2H])[C@@H](CCCN=C(N)N)C(=O)N([2H])[C@@H](CCCN=C(N)N)C(=O)N([2H])[C@@H](CCCN=C(N)N)C(=O)N([2H])[C@@H](C)C(=O)N[C@@H](CCCN=C(N)N)C(N)=O. The van der Waals surface area contributed by atoms with Gasteiger partial charge in [0, 0.05) is 44.6 Å². The summed E-state index contributed by atoms with van der Waals surface area (Å²) in [4.78, 5) is 135. The highest BCUT2D eigenvalue weighted by molar-refractivity contribution is 8.76. The van der Waals surface area contributed by atoms with Gasteiger partial charge in [0.15, 0.2) is 32.3 Å². The molecule has 0 radical (unpaired) electrons. The standard InChI is InChI=1S/C38H73N21O10S2/c1-18(28(62)56-22(27(40)61)8-4-12-49-35(41)42)53-30(64)23(9-5-13-50-36(43)44)58-32(66)25(11-7-15-52-38(47)48)59-31(65)24(10-6-14-51-37(45)46)57-29(63)19(2)54-33(67)26(55-20(3)60)17-71-70-16-21(39)34(68)69/h18-19,21-26H,4-17,39H2,1-3H3,(H2,40,61)(H,53,64)(H,54,67)(H,55,60)(H,56,62)(H,57,63)(H,58,66)(H,59,65)(H,68,69)(H4,41,42,49)(H4,43,44,50)(H4,45,46,51)(H4,47,48,52)/t18-,19-,21-,22-,23-,24-,25-,26+/m0/s1/i/hD6. The van der Waals surface area contributed by atoms with Crippen LogP contribution in [-0.4, -0.2) is 168 Å². The van der Waals surface area contributed by atoms with Gasteiger partial charge in [0.2, 0.25) is 47.3 Å². The van der Waals surface area contributed by atoms with Crippen molar-refractivity contribution >= 4 is 98.7 Å². The predicted octanol–water partition coefficient (Wildman–Crippen LogP) is -8.07. The van der Waals surface area contributed by atoms with Crippen LogP contribution in [0.1, 0.15) is 72.1 Å². The number of nitrogens with one attached hydrogen (secondary N) is 7. The summed E-state index contributed by atoms with van der Waals surface area (Å²) in [5.74, 6) is -13.2. The van der Waals surface area contributed by atoms with E-state index in [0.717, 1.165) is 42.4 Å². The molecule has 402 valence electrons. The number of guanidine groups is 4. The first-order chi connectivity index (χ1) is 35.8. The smallest absolute Gasteiger partial charge is 0.321 e. The van der Waals surface area contributed by atoms with Crippen LogP contribution in [0.3, 0.4) is 0 Å². The normalized spacial score (nSPS) is 15.2. The number of aliphatic carboxylic acids is 1. The molecule has 0 spiro atoms. The summed E-state index contributed by atoms with van der Waals surface area (Å²) in [7, 11) is 1.72. The van der Waals surface area contributed by atoms with Gasteiger partial charge in [-0.15, -0.1) is 0 Å². The van der Waals surface area contributed by atoms with E-state index in [1.807, 2.05) is 0 Å². The summed E-state index contributed by atoms with van der Waals surface area (Å²) in [6, 6.07) is -14.1. The van der Waals surface area contributed by atoms with Crippen molar-refractivity contribution in [2.45, 2.75) is 120 Å². The fourth-order valence-corrected chi connectivity index (χ4v) is 7.62. The van der Waals surface area contributed by atoms with Crippen LogP contribution in [-0.2, 0) is 43.2 Å². The molecule has 0 rings (SSSR count). The summed E-state index contributed by atoms with van der Waals surface area (Å²) in [6.07, 6.45) is -1.92. The lowest BCUT2D eigenvalue weighted by Crippen LogP contribution is -2.59. The molecule has 0 aromatic rings. The lowest BCUT2D eigenvalue weighted by atomic mass is 10.0. The fourth-order valence-electron chi connectivity index (χ4n) is 5.39. The second-order valence-electron chi connectivity index (χ2n) is 15.2. The third kappa shape index (κ3) is 30.2. The van der Waals surface area contributed by atoms with E-state index in [-0.39, 0.29) is 120 Å². The number of carboxylic acid groups (broad SMARTS) is 1. The highest BCUT2D eigenvalue weighted by atomic mass is 33.1. The molecule has 0 heterocycles. The predicted molar refractivity (Wildman–Crippen MR) is 270 cm³/mol. The van der Waals surface area contributed by atoms with Crippen molar-refractivity contribution in [1.29, 1.82) is 0 Å². The largest absolute Gasteiger partial charge is 0.480 e. The molecule has 0 aliphatic rings. The third-order valence-corrected chi connectivity index (χ3v) is 11.4. The van der Waals surface area contributed by atoms with Crippen LogP contribution in [0, 0.1) is 0 Å². The molecule has 0 unspecified atom stereocenters. The number of rotatable bonds is 36. The van der Waals surface area contributed by atoms with E-state index in [2.05, 4.69) is 25.3 Å². The molecule has 0 aromatic heterocycles. The summed E-state index contributed by atoms with van der Waals surface area (Å²) in [6.45, 7) is 2.47. The Labute approximate surface area is 427 Å². The van der Waals surface area contributed by atoms with Crippen molar-refractivity contribution < 1.29 is 56.7 Å². The zero-order valence-electron chi connectivity index (χ0n) is 45.7. The Kier molecular flexibility index (Phi) is 26.4. The number of nitrogens with two attached hydrogens (primary N) is 10. The van der Waals surface area contributed by atoms with Gasteiger partial charge in [0.05, 0.1) is 0 Å². The molecule has 8 atom stereocenters. The van der Waals surface area contributed by atoms with Crippen LogP contribution in [0.5, 0.6) is 0 Å². The van der Waals surface area contributed by atoms with Crippen LogP contribution in [0.4, 0.5) is 0 Å². The molecular weight excluding hydrogens is 975 g/mol. The number of carbonyl (C=O) groups excluding carboxylic acids is 8. The van der Waals surface area contributed by atoms with Crippen molar-refractivity contribution in [3.8, 4) is 0 Å². The minimum absolute atomic E-state index is 0.0296. The Morgan fingerprint density at radius 3 is 1.15 bits per heavy atom. The van der Waals surface area contributed by atoms with Crippen LogP contribution in [0.25, 0.3) is 0 Å². The van der Waals surface area contributed by atoms with Gasteiger partial charge in [-0.2, -0.15) is 0 Å². The number of nitrogens with zero attached hydrogens (tertiary/aromatic N) is 4. The van der Waals surface area contributed by atoms with E-state index in [1.165, 1.54) is 0 Å². The Balaban J connectivity index is 7.27. The first-order valence-corrected chi connectivity index (χ1v) is 24.2. The maximum absolute atomic E-state index is 14.5. The van der Waals surface area contributed by atoms with Crippen molar-refractivity contribution in [2.24, 2.45) is 77.3 Å². The number of hydrogen-bond acceptors (Lipinski definition) is 16. The van der Waals surface area contributed by atoms with E-state index in [1.54, 1.807) is 0 Å². The van der Waals surface area contributed by atoms with Gasteiger partial charge in [0.25, 0.3) is 0 Å². The average Bonchev–Trinajstić information content (AvgIpc) is 3.36. The Bertz CT molecular complexity index is 2150. The maximum atomic E-state index is 14.5. The fraction of sp³-hybridized carbons (Fsp3) is 0.658. The molecule has 0 saturated heterocycles. The molecule has 31 nitrogen and oxygen atoms in total. The summed E-state index contributed by atoms with van der Waals surface area (Å²) >= 11 is 0. The highest BCUT2D eigenvalue weighted by Crippen LogP contribution is 2.23. The van der Waals surface area contributed by atoms with Gasteiger partial charge in [-0.05, 0) is 65.2 Å². The molecule has 71 heavy (non-hydrogen) atoms. The number of amides is 8. The van der Waals surface area contributed by atoms with E-state index in [4.69, 9.17) is 70.9 Å². The molecule has 0 saturated carbocycles. The number of aliphatic imine (C=N–C) groups is 4. The molecule has 0 aromatic carbocycles. The first kappa shape index (κ1) is 53.3.